The van der Waals surface area contributed by atoms with Crippen molar-refractivity contribution in [2.45, 2.75) is 12.8 Å². The molecule has 3 aromatic carbocycles. The van der Waals surface area contributed by atoms with Crippen LogP contribution in [0.1, 0.15) is 21.8 Å². The standard InChI is InChI=1S/C25H18F3N3O3S/c26-25(27,28)21-20(30-23(34-21)17-10-5-2-6-11-17)22(32)31-24(35)29-18-12-7-13-19(14-18)33-15-16-8-3-1-4-9-16/h1-14H,15H2,(H2,29,31,32,35). The highest BCUT2D eigenvalue weighted by Crippen LogP contribution is 2.35. The predicted octanol–water partition coefficient (Wildman–Crippen LogP) is 6.07. The highest BCUT2D eigenvalue weighted by molar-refractivity contribution is 7.80. The second-order valence-electron chi connectivity index (χ2n) is 7.27. The van der Waals surface area contributed by atoms with Crippen molar-refractivity contribution in [3.05, 3.63) is 102 Å². The molecule has 178 valence electrons. The molecule has 6 nitrogen and oxygen atoms in total. The van der Waals surface area contributed by atoms with E-state index in [1.165, 1.54) is 12.1 Å². The lowest BCUT2D eigenvalue weighted by Gasteiger charge is -2.11. The summed E-state index contributed by atoms with van der Waals surface area (Å²) >= 11 is 5.11. The number of hydrogen-bond donors (Lipinski definition) is 2. The van der Waals surface area contributed by atoms with E-state index in [2.05, 4.69) is 15.6 Å². The number of aromatic nitrogens is 1. The maximum atomic E-state index is 13.5. The van der Waals surface area contributed by atoms with Gasteiger partial charge >= 0.3 is 6.18 Å². The molecule has 0 fully saturated rings. The summed E-state index contributed by atoms with van der Waals surface area (Å²) in [5, 5.41) is 4.76. The van der Waals surface area contributed by atoms with Gasteiger partial charge in [0.25, 0.3) is 5.91 Å². The molecular formula is C25H18F3N3O3S. The van der Waals surface area contributed by atoms with Gasteiger partial charge in [0.2, 0.25) is 11.7 Å². The first-order valence-electron chi connectivity index (χ1n) is 10.3. The number of thiocarbonyl (C=S) groups is 1. The lowest BCUT2D eigenvalue weighted by atomic mass is 10.2. The fraction of sp³-hybridized carbons (Fsp3) is 0.0800. The van der Waals surface area contributed by atoms with Gasteiger partial charge in [0, 0.05) is 17.3 Å². The largest absolute Gasteiger partial charge is 0.489 e. The molecule has 35 heavy (non-hydrogen) atoms. The van der Waals surface area contributed by atoms with E-state index in [9.17, 15) is 18.0 Å². The Morgan fingerprint density at radius 2 is 1.66 bits per heavy atom. The number of nitrogens with zero attached hydrogens (tertiary/aromatic N) is 1. The molecule has 2 N–H and O–H groups in total. The third kappa shape index (κ3) is 6.24. The Bertz CT molecular complexity index is 1330. The number of amides is 1. The number of halogens is 3. The van der Waals surface area contributed by atoms with Crippen LogP contribution in [0.3, 0.4) is 0 Å². The van der Waals surface area contributed by atoms with Gasteiger partial charge < -0.3 is 14.5 Å². The SMILES string of the molecule is O=C(NC(=S)Nc1cccc(OCc2ccccc2)c1)c1nc(-c2ccccc2)oc1C(F)(F)F. The Kier molecular flexibility index (Phi) is 7.11. The van der Waals surface area contributed by atoms with Crippen LogP contribution in [0.15, 0.2) is 89.3 Å². The Labute approximate surface area is 203 Å². The molecule has 0 unspecified atom stereocenters. The second kappa shape index (κ2) is 10.4. The van der Waals surface area contributed by atoms with Crippen molar-refractivity contribution < 1.29 is 27.1 Å². The van der Waals surface area contributed by atoms with E-state index in [0.29, 0.717) is 23.6 Å². The molecule has 0 aliphatic rings. The van der Waals surface area contributed by atoms with E-state index in [4.69, 9.17) is 21.4 Å². The van der Waals surface area contributed by atoms with Crippen molar-refractivity contribution in [1.29, 1.82) is 0 Å². The lowest BCUT2D eigenvalue weighted by Crippen LogP contribution is -2.35. The van der Waals surface area contributed by atoms with Crippen LogP contribution in [0.5, 0.6) is 5.75 Å². The van der Waals surface area contributed by atoms with Gasteiger partial charge in [0.15, 0.2) is 10.8 Å². The van der Waals surface area contributed by atoms with Crippen LogP contribution >= 0.6 is 12.2 Å². The van der Waals surface area contributed by atoms with Crippen molar-refractivity contribution >= 4 is 28.9 Å². The number of oxazole rings is 1. The highest BCUT2D eigenvalue weighted by Gasteiger charge is 2.42. The van der Waals surface area contributed by atoms with Crippen LogP contribution < -0.4 is 15.4 Å². The van der Waals surface area contributed by atoms with E-state index >= 15 is 0 Å². The number of benzene rings is 3. The van der Waals surface area contributed by atoms with Gasteiger partial charge in [-0.1, -0.05) is 54.6 Å². The number of carbonyl (C=O) groups is 1. The molecule has 0 atom stereocenters. The zero-order chi connectivity index (χ0) is 24.8. The number of anilines is 1. The van der Waals surface area contributed by atoms with Crippen molar-refractivity contribution in [3.8, 4) is 17.2 Å². The van der Waals surface area contributed by atoms with Crippen molar-refractivity contribution in [3.63, 3.8) is 0 Å². The summed E-state index contributed by atoms with van der Waals surface area (Å²) in [6, 6.07) is 24.3. The first kappa shape index (κ1) is 24.0. The zero-order valence-electron chi connectivity index (χ0n) is 18.0. The van der Waals surface area contributed by atoms with Crippen molar-refractivity contribution in [2.24, 2.45) is 0 Å². The molecule has 0 aliphatic heterocycles. The van der Waals surface area contributed by atoms with Gasteiger partial charge in [-0.3, -0.25) is 10.1 Å². The highest BCUT2D eigenvalue weighted by atomic mass is 32.1. The van der Waals surface area contributed by atoms with Crippen LogP contribution in [0.4, 0.5) is 18.9 Å². The smallest absolute Gasteiger partial charge is 0.452 e. The minimum atomic E-state index is -4.92. The number of alkyl halides is 3. The van der Waals surface area contributed by atoms with E-state index in [0.717, 1.165) is 5.56 Å². The number of hydrogen-bond acceptors (Lipinski definition) is 5. The summed E-state index contributed by atoms with van der Waals surface area (Å²) in [6.07, 6.45) is -4.92. The third-order valence-corrected chi connectivity index (χ3v) is 4.89. The molecule has 4 aromatic rings. The average molecular weight is 497 g/mol. The van der Waals surface area contributed by atoms with Gasteiger partial charge in [-0.15, -0.1) is 0 Å². The van der Waals surface area contributed by atoms with Crippen LogP contribution in [0.2, 0.25) is 0 Å². The molecule has 10 heteroatoms. The summed E-state index contributed by atoms with van der Waals surface area (Å²) < 4.78 is 51.1. The minimum absolute atomic E-state index is 0.215. The molecule has 1 heterocycles. The maximum Gasteiger partial charge on any atom is 0.452 e. The summed E-state index contributed by atoms with van der Waals surface area (Å²) in [5.74, 6) is -2.45. The molecular weight excluding hydrogens is 479 g/mol. The molecule has 0 aliphatic carbocycles. The molecule has 1 aromatic heterocycles. The summed E-state index contributed by atoms with van der Waals surface area (Å²) in [4.78, 5) is 16.4. The topological polar surface area (TPSA) is 76.4 Å². The van der Waals surface area contributed by atoms with Gasteiger partial charge in [0.05, 0.1) is 0 Å². The normalized spacial score (nSPS) is 11.1. The van der Waals surface area contributed by atoms with Crippen LogP contribution in [0, 0.1) is 0 Å². The Morgan fingerprint density at radius 1 is 0.971 bits per heavy atom. The molecule has 4 rings (SSSR count). The molecule has 0 bridgehead atoms. The summed E-state index contributed by atoms with van der Waals surface area (Å²) in [6.45, 7) is 0.349. The Balaban J connectivity index is 1.44. The number of nitrogens with one attached hydrogen (secondary N) is 2. The van der Waals surface area contributed by atoms with E-state index < -0.39 is 23.5 Å². The van der Waals surface area contributed by atoms with Crippen molar-refractivity contribution in [2.75, 3.05) is 5.32 Å². The monoisotopic (exact) mass is 497 g/mol. The van der Waals surface area contributed by atoms with E-state index in [-0.39, 0.29) is 11.0 Å². The van der Waals surface area contributed by atoms with Gasteiger partial charge in [0.1, 0.15) is 12.4 Å². The third-order valence-electron chi connectivity index (χ3n) is 4.69. The fourth-order valence-corrected chi connectivity index (χ4v) is 3.31. The second-order valence-corrected chi connectivity index (χ2v) is 7.68. The first-order chi connectivity index (χ1) is 16.8. The number of rotatable bonds is 6. The Hall–Kier alpha value is -4.18. The first-order valence-corrected chi connectivity index (χ1v) is 10.7. The summed E-state index contributed by atoms with van der Waals surface area (Å²) in [7, 11) is 0. The van der Waals surface area contributed by atoms with E-state index in [1.54, 1.807) is 42.5 Å². The lowest BCUT2D eigenvalue weighted by molar-refractivity contribution is -0.153. The number of carbonyl (C=O) groups excluding carboxylic acids is 1. The van der Waals surface area contributed by atoms with Crippen LogP contribution in [-0.2, 0) is 12.8 Å². The molecule has 0 saturated heterocycles. The maximum absolute atomic E-state index is 13.5. The molecule has 1 amide bonds. The number of ether oxygens (including phenoxy) is 1. The molecule has 0 saturated carbocycles. The predicted molar refractivity (Wildman–Crippen MR) is 128 cm³/mol. The Morgan fingerprint density at radius 3 is 2.34 bits per heavy atom. The minimum Gasteiger partial charge on any atom is -0.489 e. The van der Waals surface area contributed by atoms with Gasteiger partial charge in [-0.2, -0.15) is 13.2 Å². The summed E-state index contributed by atoms with van der Waals surface area (Å²) in [5.41, 5.74) is 0.837. The van der Waals surface area contributed by atoms with E-state index in [1.807, 2.05) is 30.3 Å². The molecule has 0 spiro atoms. The molecule has 0 radical (unpaired) electrons. The van der Waals surface area contributed by atoms with Crippen LogP contribution in [-0.4, -0.2) is 16.0 Å². The van der Waals surface area contributed by atoms with Gasteiger partial charge in [-0.05, 0) is 42.0 Å². The fourth-order valence-electron chi connectivity index (χ4n) is 3.10. The van der Waals surface area contributed by atoms with Gasteiger partial charge in [-0.25, -0.2) is 4.98 Å². The van der Waals surface area contributed by atoms with Crippen molar-refractivity contribution in [1.82, 2.24) is 10.3 Å². The quantitative estimate of drug-likeness (QED) is 0.315. The van der Waals surface area contributed by atoms with Crippen LogP contribution in [0.25, 0.3) is 11.5 Å². The zero-order valence-corrected chi connectivity index (χ0v) is 18.8. The average Bonchev–Trinajstić information content (AvgIpc) is 3.31.